The van der Waals surface area contributed by atoms with Gasteiger partial charge in [0.05, 0.1) is 21.9 Å². The highest BCUT2D eigenvalue weighted by molar-refractivity contribution is 9.10. The molecule has 0 unspecified atom stereocenters. The molecule has 31 heavy (non-hydrogen) atoms. The first-order chi connectivity index (χ1) is 15.0. The number of fused-ring (bicyclic) bond motifs is 1. The Morgan fingerprint density at radius 2 is 2.00 bits per heavy atom. The molecule has 1 aliphatic heterocycles. The summed E-state index contributed by atoms with van der Waals surface area (Å²) in [5.74, 6) is 1.14. The zero-order valence-electron chi connectivity index (χ0n) is 16.5. The van der Waals surface area contributed by atoms with Crippen molar-refractivity contribution in [3.63, 3.8) is 0 Å². The first-order valence-electron chi connectivity index (χ1n) is 9.65. The molecule has 4 aromatic rings. The fourth-order valence-corrected chi connectivity index (χ4v) is 4.39. The number of nitrogen functional groups attached to an aromatic ring is 1. The molecule has 0 aliphatic carbocycles. The fourth-order valence-electron chi connectivity index (χ4n) is 3.92. The highest BCUT2D eigenvalue weighted by atomic mass is 79.9. The molecule has 0 spiro atoms. The van der Waals surface area contributed by atoms with E-state index in [1.165, 1.54) is 0 Å². The smallest absolute Gasteiger partial charge is 0.283 e. The van der Waals surface area contributed by atoms with Gasteiger partial charge in [-0.25, -0.2) is 9.50 Å². The second-order valence-corrected chi connectivity index (χ2v) is 8.12. The van der Waals surface area contributed by atoms with Crippen LogP contribution in [0.25, 0.3) is 11.2 Å². The number of anilines is 2. The van der Waals surface area contributed by atoms with Crippen molar-refractivity contribution in [2.75, 3.05) is 17.2 Å². The molecule has 1 aliphatic rings. The monoisotopic (exact) mass is 476 g/mol. The minimum Gasteiger partial charge on any atom is -0.368 e. The van der Waals surface area contributed by atoms with Crippen molar-refractivity contribution in [1.29, 1.82) is 5.26 Å². The number of aryl methyl sites for hydroxylation is 1. The van der Waals surface area contributed by atoms with Crippen molar-refractivity contribution in [2.45, 2.75) is 19.4 Å². The first kappa shape index (κ1) is 19.3. The van der Waals surface area contributed by atoms with E-state index < -0.39 is 0 Å². The Hall–Kier alpha value is -3.71. The summed E-state index contributed by atoms with van der Waals surface area (Å²) >= 11 is 3.45. The summed E-state index contributed by atoms with van der Waals surface area (Å²) in [5, 5.41) is 14.4. The summed E-state index contributed by atoms with van der Waals surface area (Å²) in [7, 11) is 0. The van der Waals surface area contributed by atoms with Crippen LogP contribution >= 0.6 is 15.9 Å². The van der Waals surface area contributed by atoms with Crippen LogP contribution in [0.5, 0.6) is 0 Å². The van der Waals surface area contributed by atoms with E-state index in [-0.39, 0.29) is 17.5 Å². The normalized spacial score (nSPS) is 15.6. The summed E-state index contributed by atoms with van der Waals surface area (Å²) in [5.41, 5.74) is 7.76. The molecule has 0 saturated carbocycles. The van der Waals surface area contributed by atoms with Crippen LogP contribution in [-0.4, -0.2) is 30.7 Å². The van der Waals surface area contributed by atoms with Gasteiger partial charge in [0, 0.05) is 12.7 Å². The number of para-hydroxylation sites is 1. The van der Waals surface area contributed by atoms with Crippen LogP contribution in [0.4, 0.5) is 11.8 Å². The highest BCUT2D eigenvalue weighted by Crippen LogP contribution is 2.38. The molecule has 154 valence electrons. The Labute approximate surface area is 185 Å². The molecular weight excluding hydrogens is 460 g/mol. The zero-order chi connectivity index (χ0) is 21.7. The van der Waals surface area contributed by atoms with Gasteiger partial charge >= 0.3 is 0 Å². The van der Waals surface area contributed by atoms with Crippen molar-refractivity contribution in [3.05, 3.63) is 74.5 Å². The van der Waals surface area contributed by atoms with Crippen molar-refractivity contribution in [3.8, 4) is 11.8 Å². The van der Waals surface area contributed by atoms with E-state index in [9.17, 15) is 10.1 Å². The van der Waals surface area contributed by atoms with E-state index in [2.05, 4.69) is 32.0 Å². The minimum absolute atomic E-state index is 0.107. The SMILES string of the molecule is Cc1nc(N)nc(N2CC[C@H]2c2nn3ccc(Br)c3c(=O)n2-c2ccccc2)c1C#N. The lowest BCUT2D eigenvalue weighted by molar-refractivity contribution is 0.422. The molecule has 2 N–H and O–H groups in total. The van der Waals surface area contributed by atoms with Crippen LogP contribution in [0.1, 0.15) is 29.5 Å². The standard InChI is InChI=1S/C21H17BrN8O/c1-12-14(11-23)18(26-21(24)25-12)28-9-8-16(28)19-27-29-10-7-15(22)17(29)20(31)30(19)13-5-3-2-4-6-13/h2-7,10,16H,8-9H2,1H3,(H2,24,25,26)/t16-/m0/s1. The van der Waals surface area contributed by atoms with Gasteiger partial charge in [-0.2, -0.15) is 15.3 Å². The second kappa shape index (κ2) is 7.21. The molecule has 10 heteroatoms. The largest absolute Gasteiger partial charge is 0.368 e. The summed E-state index contributed by atoms with van der Waals surface area (Å²) in [6.07, 6.45) is 2.50. The molecule has 9 nitrogen and oxygen atoms in total. The third-order valence-corrected chi connectivity index (χ3v) is 6.11. The number of aromatic nitrogens is 5. The van der Waals surface area contributed by atoms with Gasteiger partial charge in [0.1, 0.15) is 17.1 Å². The van der Waals surface area contributed by atoms with Crippen LogP contribution in [0.3, 0.4) is 0 Å². The van der Waals surface area contributed by atoms with Gasteiger partial charge < -0.3 is 10.6 Å². The van der Waals surface area contributed by atoms with Crippen LogP contribution < -0.4 is 16.2 Å². The molecule has 0 radical (unpaired) electrons. The third-order valence-electron chi connectivity index (χ3n) is 5.47. The van der Waals surface area contributed by atoms with Gasteiger partial charge in [-0.05, 0) is 47.5 Å². The molecule has 4 heterocycles. The van der Waals surface area contributed by atoms with Gasteiger partial charge in [0.2, 0.25) is 5.95 Å². The highest BCUT2D eigenvalue weighted by Gasteiger charge is 2.37. The minimum atomic E-state index is -0.251. The van der Waals surface area contributed by atoms with Gasteiger partial charge in [-0.15, -0.1) is 0 Å². The number of hydrogen-bond donors (Lipinski definition) is 1. The molecular formula is C21H17BrN8O. The number of nitrogens with two attached hydrogens (primary N) is 1. The van der Waals surface area contributed by atoms with Crippen LogP contribution in [0.15, 0.2) is 51.9 Å². The van der Waals surface area contributed by atoms with E-state index in [0.29, 0.717) is 39.4 Å². The van der Waals surface area contributed by atoms with E-state index in [0.717, 1.165) is 12.1 Å². The molecule has 1 saturated heterocycles. The van der Waals surface area contributed by atoms with Gasteiger partial charge in [-0.3, -0.25) is 9.36 Å². The van der Waals surface area contributed by atoms with E-state index >= 15 is 0 Å². The quantitative estimate of drug-likeness (QED) is 0.482. The average molecular weight is 477 g/mol. The summed E-state index contributed by atoms with van der Waals surface area (Å²) in [4.78, 5) is 23.9. The molecule has 5 rings (SSSR count). The zero-order valence-corrected chi connectivity index (χ0v) is 18.1. The summed E-state index contributed by atoms with van der Waals surface area (Å²) in [6.45, 7) is 2.39. The topological polar surface area (TPSA) is 118 Å². The van der Waals surface area contributed by atoms with Crippen molar-refractivity contribution in [1.82, 2.24) is 24.1 Å². The number of nitriles is 1. The van der Waals surface area contributed by atoms with E-state index in [1.807, 2.05) is 35.2 Å². The fraction of sp³-hybridized carbons (Fsp3) is 0.190. The second-order valence-electron chi connectivity index (χ2n) is 7.27. The maximum Gasteiger partial charge on any atom is 0.283 e. The predicted octanol–water partition coefficient (Wildman–Crippen LogP) is 2.75. The number of hydrogen-bond acceptors (Lipinski definition) is 7. The molecule has 1 fully saturated rings. The lowest BCUT2D eigenvalue weighted by atomic mass is 10.0. The Balaban J connectivity index is 1.73. The van der Waals surface area contributed by atoms with Crippen LogP contribution in [0.2, 0.25) is 0 Å². The summed E-state index contributed by atoms with van der Waals surface area (Å²) in [6, 6.07) is 13.1. The van der Waals surface area contributed by atoms with Crippen molar-refractivity contribution < 1.29 is 0 Å². The van der Waals surface area contributed by atoms with Gasteiger partial charge in [0.15, 0.2) is 11.6 Å². The van der Waals surface area contributed by atoms with Crippen molar-refractivity contribution in [2.24, 2.45) is 0 Å². The summed E-state index contributed by atoms with van der Waals surface area (Å²) < 4.78 is 3.89. The number of halogens is 1. The number of benzene rings is 1. The molecule has 3 aromatic heterocycles. The number of rotatable bonds is 3. The molecule has 1 atom stereocenters. The molecule has 0 amide bonds. The Kier molecular flexibility index (Phi) is 4.48. The Bertz CT molecular complexity index is 1420. The Morgan fingerprint density at radius 3 is 2.68 bits per heavy atom. The predicted molar refractivity (Wildman–Crippen MR) is 119 cm³/mol. The van der Waals surface area contributed by atoms with Crippen LogP contribution in [-0.2, 0) is 0 Å². The van der Waals surface area contributed by atoms with E-state index in [1.54, 1.807) is 28.3 Å². The van der Waals surface area contributed by atoms with Crippen molar-refractivity contribution >= 4 is 33.2 Å². The average Bonchev–Trinajstić information content (AvgIpc) is 3.09. The maximum atomic E-state index is 13.5. The number of nitrogens with zero attached hydrogens (tertiary/aromatic N) is 7. The van der Waals surface area contributed by atoms with Gasteiger partial charge in [0.25, 0.3) is 5.56 Å². The molecule has 0 bridgehead atoms. The first-order valence-corrected chi connectivity index (χ1v) is 10.4. The Morgan fingerprint density at radius 1 is 1.23 bits per heavy atom. The third kappa shape index (κ3) is 2.97. The molecule has 1 aromatic carbocycles. The lowest BCUT2D eigenvalue weighted by Gasteiger charge is -2.42. The maximum absolute atomic E-state index is 13.5. The van der Waals surface area contributed by atoms with Crippen LogP contribution in [0, 0.1) is 18.3 Å². The lowest BCUT2D eigenvalue weighted by Crippen LogP contribution is -2.45. The van der Waals surface area contributed by atoms with E-state index in [4.69, 9.17) is 10.8 Å². The van der Waals surface area contributed by atoms with Gasteiger partial charge in [-0.1, -0.05) is 18.2 Å².